The van der Waals surface area contributed by atoms with Crippen molar-refractivity contribution in [1.29, 1.82) is 0 Å². The van der Waals surface area contributed by atoms with Crippen molar-refractivity contribution in [1.82, 2.24) is 9.88 Å². The van der Waals surface area contributed by atoms with E-state index >= 15 is 0 Å². The molecule has 1 aromatic heterocycles. The van der Waals surface area contributed by atoms with E-state index in [2.05, 4.69) is 5.32 Å². The summed E-state index contributed by atoms with van der Waals surface area (Å²) in [5.74, 6) is -1.63. The molecule has 3 amide bonds. The molecule has 26 heavy (non-hydrogen) atoms. The number of nitrogens with two attached hydrogens (primary N) is 1. The van der Waals surface area contributed by atoms with Gasteiger partial charge in [-0.05, 0) is 24.3 Å². The number of primary amides is 1. The first kappa shape index (κ1) is 19.0. The van der Waals surface area contributed by atoms with Crippen molar-refractivity contribution < 1.29 is 22.8 Å². The molecule has 0 unspecified atom stereocenters. The summed E-state index contributed by atoms with van der Waals surface area (Å²) in [7, 11) is 1.46. The highest BCUT2D eigenvalue weighted by Crippen LogP contribution is 2.26. The summed E-state index contributed by atoms with van der Waals surface area (Å²) in [5.41, 5.74) is 4.15. The predicted octanol–water partition coefficient (Wildman–Crippen LogP) is 1.75. The van der Waals surface area contributed by atoms with Gasteiger partial charge in [-0.3, -0.25) is 9.59 Å². The lowest BCUT2D eigenvalue weighted by molar-refractivity contribution is 0.101. The number of anilines is 1. The van der Waals surface area contributed by atoms with Gasteiger partial charge in [-0.1, -0.05) is 0 Å². The molecule has 0 bridgehead atoms. The van der Waals surface area contributed by atoms with Crippen molar-refractivity contribution in [3.63, 3.8) is 0 Å². The quantitative estimate of drug-likeness (QED) is 0.748. The van der Waals surface area contributed by atoms with Gasteiger partial charge in [0.1, 0.15) is 11.9 Å². The molecule has 0 saturated heterocycles. The van der Waals surface area contributed by atoms with Crippen molar-refractivity contribution in [2.75, 3.05) is 5.32 Å². The number of nitrogens with one attached hydrogen (secondary N) is 2. The summed E-state index contributed by atoms with van der Waals surface area (Å²) < 4.78 is 41.3. The number of carbonyl (C=O) groups is 2. The topological polar surface area (TPSA) is 106 Å². The van der Waals surface area contributed by atoms with E-state index in [4.69, 9.17) is 5.73 Å². The number of alkyl halides is 2. The Labute approximate surface area is 145 Å². The fourth-order valence-corrected chi connectivity index (χ4v) is 2.22. The highest BCUT2D eigenvalue weighted by atomic mass is 19.3. The van der Waals surface area contributed by atoms with Gasteiger partial charge in [0, 0.05) is 30.6 Å². The third-order valence-electron chi connectivity index (χ3n) is 3.49. The number of hydrogen-bond acceptors (Lipinski definition) is 3. The number of aromatic nitrogens is 1. The molecule has 1 atom stereocenters. The maximum absolute atomic E-state index is 13.9. The van der Waals surface area contributed by atoms with Gasteiger partial charge < -0.3 is 20.9 Å². The number of urea groups is 1. The zero-order valence-corrected chi connectivity index (χ0v) is 13.5. The first-order valence-corrected chi connectivity index (χ1v) is 7.30. The smallest absolute Gasteiger partial charge is 0.312 e. The van der Waals surface area contributed by atoms with E-state index in [1.54, 1.807) is 5.32 Å². The van der Waals surface area contributed by atoms with Crippen molar-refractivity contribution >= 4 is 17.6 Å². The van der Waals surface area contributed by atoms with Crippen molar-refractivity contribution in [2.45, 2.75) is 12.5 Å². The van der Waals surface area contributed by atoms with Gasteiger partial charge in [0.2, 0.25) is 5.56 Å². The fraction of sp³-hybridized carbons (Fsp3) is 0.188. The lowest BCUT2D eigenvalue weighted by atomic mass is 10.1. The molecular weight excluding hydrogens is 353 g/mol. The maximum Gasteiger partial charge on any atom is 0.312 e. The predicted molar refractivity (Wildman–Crippen MR) is 87.5 cm³/mol. The number of nitrogens with zero attached hydrogens (tertiary/aromatic N) is 1. The van der Waals surface area contributed by atoms with Crippen LogP contribution in [0.3, 0.4) is 0 Å². The SMILES string of the molecule is Cn1cc(C(=O)Nc2ccc(F)c([C@H](NC(N)=O)C(F)F)c2)ccc1=O. The maximum atomic E-state index is 13.9. The van der Waals surface area contributed by atoms with Crippen LogP contribution >= 0.6 is 0 Å². The number of carbonyl (C=O) groups excluding carboxylic acids is 2. The molecule has 0 aliphatic carbocycles. The lowest BCUT2D eigenvalue weighted by Gasteiger charge is -2.18. The largest absolute Gasteiger partial charge is 0.352 e. The van der Waals surface area contributed by atoms with Crippen LogP contribution < -0.4 is 21.9 Å². The third kappa shape index (κ3) is 4.41. The summed E-state index contributed by atoms with van der Waals surface area (Å²) in [6.07, 6.45) is -1.83. The lowest BCUT2D eigenvalue weighted by Crippen LogP contribution is -2.37. The average molecular weight is 368 g/mol. The normalized spacial score (nSPS) is 11.9. The standard InChI is InChI=1S/C16H15F3N4O3/c1-23-7-8(2-5-12(23)24)15(25)21-9-3-4-11(17)10(6-9)13(14(18)19)22-16(20)26/h2-7,13-14H,1H3,(H,21,25)(H3,20,22,26)/t13-/m0/s1. The third-order valence-corrected chi connectivity index (χ3v) is 3.49. The summed E-state index contributed by atoms with van der Waals surface area (Å²) >= 11 is 0. The van der Waals surface area contributed by atoms with E-state index in [9.17, 15) is 27.6 Å². The zero-order valence-electron chi connectivity index (χ0n) is 13.5. The Bertz CT molecular complexity index is 899. The molecule has 7 nitrogen and oxygen atoms in total. The molecule has 0 saturated carbocycles. The van der Waals surface area contributed by atoms with Crippen molar-refractivity contribution in [3.05, 3.63) is 63.8 Å². The molecule has 0 aliphatic rings. The Morgan fingerprint density at radius 1 is 1.19 bits per heavy atom. The number of rotatable bonds is 5. The molecular formula is C16H15F3N4O3. The van der Waals surface area contributed by atoms with E-state index in [0.29, 0.717) is 0 Å². The number of hydrogen-bond donors (Lipinski definition) is 3. The molecule has 0 aliphatic heterocycles. The minimum Gasteiger partial charge on any atom is -0.352 e. The summed E-state index contributed by atoms with van der Waals surface area (Å²) in [6.45, 7) is 0. The molecule has 0 radical (unpaired) electrons. The van der Waals surface area contributed by atoms with Crippen LogP contribution in [0, 0.1) is 5.82 Å². The van der Waals surface area contributed by atoms with Crippen LogP contribution in [0.5, 0.6) is 0 Å². The minimum atomic E-state index is -3.12. The highest BCUT2D eigenvalue weighted by Gasteiger charge is 2.27. The monoisotopic (exact) mass is 368 g/mol. The van der Waals surface area contributed by atoms with Crippen LogP contribution in [0.4, 0.5) is 23.7 Å². The first-order valence-electron chi connectivity index (χ1n) is 7.30. The Morgan fingerprint density at radius 3 is 2.46 bits per heavy atom. The second kappa shape index (κ2) is 7.72. The summed E-state index contributed by atoms with van der Waals surface area (Å²) in [6, 6.07) is 2.29. The van der Waals surface area contributed by atoms with Gasteiger partial charge in [0.25, 0.3) is 12.3 Å². The Hall–Kier alpha value is -3.30. The molecule has 10 heteroatoms. The fourth-order valence-electron chi connectivity index (χ4n) is 2.22. The van der Waals surface area contributed by atoms with Gasteiger partial charge in [0.05, 0.1) is 5.56 Å². The van der Waals surface area contributed by atoms with Gasteiger partial charge in [0.15, 0.2) is 0 Å². The highest BCUT2D eigenvalue weighted by molar-refractivity contribution is 6.04. The van der Waals surface area contributed by atoms with Crippen molar-refractivity contribution in [3.8, 4) is 0 Å². The molecule has 1 aromatic carbocycles. The van der Waals surface area contributed by atoms with Crippen LogP contribution in [0.25, 0.3) is 0 Å². The second-order valence-electron chi connectivity index (χ2n) is 5.38. The Balaban J connectivity index is 2.30. The second-order valence-corrected chi connectivity index (χ2v) is 5.38. The Morgan fingerprint density at radius 2 is 1.88 bits per heavy atom. The Kier molecular flexibility index (Phi) is 5.65. The van der Waals surface area contributed by atoms with E-state index in [-0.39, 0.29) is 16.8 Å². The zero-order chi connectivity index (χ0) is 19.4. The van der Waals surface area contributed by atoms with Crippen LogP contribution in [0.2, 0.25) is 0 Å². The molecule has 138 valence electrons. The van der Waals surface area contributed by atoms with Crippen LogP contribution in [-0.4, -0.2) is 22.9 Å². The van der Waals surface area contributed by atoms with E-state index < -0.39 is 35.8 Å². The molecule has 2 aromatic rings. The van der Waals surface area contributed by atoms with Gasteiger partial charge in [-0.15, -0.1) is 0 Å². The molecule has 4 N–H and O–H groups in total. The number of halogens is 3. The number of pyridine rings is 1. The van der Waals surface area contributed by atoms with Crippen LogP contribution in [0.1, 0.15) is 22.0 Å². The minimum absolute atomic E-state index is 0.0252. The molecule has 1 heterocycles. The first-order chi connectivity index (χ1) is 12.2. The van der Waals surface area contributed by atoms with Gasteiger partial charge in [-0.2, -0.15) is 0 Å². The van der Waals surface area contributed by atoms with Crippen LogP contribution in [0.15, 0.2) is 41.3 Å². The van der Waals surface area contributed by atoms with E-state index in [1.165, 1.54) is 36.0 Å². The van der Waals surface area contributed by atoms with E-state index in [0.717, 1.165) is 12.1 Å². The molecule has 0 fully saturated rings. The molecule has 2 rings (SSSR count). The number of amides is 3. The van der Waals surface area contributed by atoms with E-state index in [1.807, 2.05) is 0 Å². The number of benzene rings is 1. The average Bonchev–Trinajstić information content (AvgIpc) is 2.56. The summed E-state index contributed by atoms with van der Waals surface area (Å²) in [5, 5.41) is 4.17. The van der Waals surface area contributed by atoms with Crippen LogP contribution in [-0.2, 0) is 7.05 Å². The molecule has 0 spiro atoms. The number of aryl methyl sites for hydroxylation is 1. The van der Waals surface area contributed by atoms with Crippen molar-refractivity contribution in [2.24, 2.45) is 12.8 Å². The van der Waals surface area contributed by atoms with Gasteiger partial charge in [-0.25, -0.2) is 18.0 Å². The van der Waals surface area contributed by atoms with Gasteiger partial charge >= 0.3 is 6.03 Å². The summed E-state index contributed by atoms with van der Waals surface area (Å²) in [4.78, 5) is 34.4.